The summed E-state index contributed by atoms with van der Waals surface area (Å²) in [5, 5.41) is 5.77. The van der Waals surface area contributed by atoms with Crippen molar-refractivity contribution in [2.45, 2.75) is 19.4 Å². The van der Waals surface area contributed by atoms with Crippen molar-refractivity contribution < 1.29 is 9.59 Å². The molecule has 0 spiro atoms. The first kappa shape index (κ1) is 12.9. The molecule has 0 bridgehead atoms. The monoisotopic (exact) mass is 228 g/mol. The van der Waals surface area contributed by atoms with Crippen LogP contribution in [-0.2, 0) is 9.59 Å². The van der Waals surface area contributed by atoms with E-state index in [2.05, 4.69) is 15.5 Å². The molecule has 2 amide bonds. The van der Waals surface area contributed by atoms with Gasteiger partial charge >= 0.3 is 0 Å². The Hall–Kier alpha value is -1.14. The van der Waals surface area contributed by atoms with Gasteiger partial charge in [-0.1, -0.05) is 0 Å². The quantitative estimate of drug-likeness (QED) is 0.534. The van der Waals surface area contributed by atoms with Crippen LogP contribution in [0.3, 0.4) is 0 Å². The number of nitrogens with one attached hydrogen (secondary N) is 2. The molecule has 1 rings (SSSR count). The lowest BCUT2D eigenvalue weighted by atomic mass is 10.0. The number of nitrogens with zero attached hydrogens (tertiary/aromatic N) is 1. The minimum absolute atomic E-state index is 0.103. The van der Waals surface area contributed by atoms with E-state index in [1.807, 2.05) is 13.8 Å². The van der Waals surface area contributed by atoms with Gasteiger partial charge < -0.3 is 16.4 Å². The van der Waals surface area contributed by atoms with Crippen molar-refractivity contribution in [1.29, 1.82) is 0 Å². The van der Waals surface area contributed by atoms with Crippen LogP contribution in [0, 0.1) is 0 Å². The highest BCUT2D eigenvalue weighted by Crippen LogP contribution is 2.14. The maximum absolute atomic E-state index is 11.9. The van der Waals surface area contributed by atoms with E-state index in [0.717, 1.165) is 26.2 Å². The first-order valence-corrected chi connectivity index (χ1v) is 5.47. The van der Waals surface area contributed by atoms with E-state index in [0.29, 0.717) is 0 Å². The summed E-state index contributed by atoms with van der Waals surface area (Å²) in [6, 6.07) is 0. The van der Waals surface area contributed by atoms with Gasteiger partial charge in [0.05, 0.1) is 12.1 Å². The van der Waals surface area contributed by atoms with Gasteiger partial charge in [0, 0.05) is 26.2 Å². The van der Waals surface area contributed by atoms with Gasteiger partial charge in [0.2, 0.25) is 11.8 Å². The molecule has 1 saturated heterocycles. The Bertz CT molecular complexity index is 272. The molecule has 0 aromatic heterocycles. The SMILES string of the molecule is CC(C)(C(=O)NCC(N)=O)N1CCNCC1. The Labute approximate surface area is 95.5 Å². The van der Waals surface area contributed by atoms with Crippen LogP contribution in [0.4, 0.5) is 0 Å². The van der Waals surface area contributed by atoms with E-state index >= 15 is 0 Å². The van der Waals surface area contributed by atoms with Crippen LogP contribution < -0.4 is 16.4 Å². The van der Waals surface area contributed by atoms with E-state index in [4.69, 9.17) is 5.73 Å². The highest BCUT2D eigenvalue weighted by molar-refractivity contribution is 5.89. The van der Waals surface area contributed by atoms with Crippen molar-refractivity contribution in [3.63, 3.8) is 0 Å². The van der Waals surface area contributed by atoms with E-state index in [1.165, 1.54) is 0 Å². The first-order valence-electron chi connectivity index (χ1n) is 5.47. The van der Waals surface area contributed by atoms with Crippen LogP contribution in [0.5, 0.6) is 0 Å². The molecule has 16 heavy (non-hydrogen) atoms. The van der Waals surface area contributed by atoms with Crippen LogP contribution in [-0.4, -0.2) is 55.0 Å². The fourth-order valence-electron chi connectivity index (χ4n) is 1.75. The highest BCUT2D eigenvalue weighted by Gasteiger charge is 2.34. The highest BCUT2D eigenvalue weighted by atomic mass is 16.2. The van der Waals surface area contributed by atoms with Gasteiger partial charge in [0.15, 0.2) is 0 Å². The summed E-state index contributed by atoms with van der Waals surface area (Å²) in [7, 11) is 0. The van der Waals surface area contributed by atoms with Crippen LogP contribution in [0.15, 0.2) is 0 Å². The number of hydrogen-bond acceptors (Lipinski definition) is 4. The number of primary amides is 1. The summed E-state index contributed by atoms with van der Waals surface area (Å²) in [4.78, 5) is 24.6. The molecular weight excluding hydrogens is 208 g/mol. The van der Waals surface area contributed by atoms with Gasteiger partial charge in [0.25, 0.3) is 0 Å². The number of piperazine rings is 1. The molecule has 1 fully saturated rings. The average molecular weight is 228 g/mol. The maximum Gasteiger partial charge on any atom is 0.240 e. The Balaban J connectivity index is 2.53. The molecule has 1 aliphatic heterocycles. The molecule has 1 heterocycles. The Kier molecular flexibility index (Phi) is 4.26. The lowest BCUT2D eigenvalue weighted by Gasteiger charge is -2.39. The fraction of sp³-hybridized carbons (Fsp3) is 0.800. The van der Waals surface area contributed by atoms with Crippen molar-refractivity contribution in [3.8, 4) is 0 Å². The van der Waals surface area contributed by atoms with Crippen molar-refractivity contribution in [3.05, 3.63) is 0 Å². The predicted molar refractivity (Wildman–Crippen MR) is 60.7 cm³/mol. The number of carbonyl (C=O) groups excluding carboxylic acids is 2. The van der Waals surface area contributed by atoms with Crippen molar-refractivity contribution in [1.82, 2.24) is 15.5 Å². The molecule has 0 radical (unpaired) electrons. The topological polar surface area (TPSA) is 87.5 Å². The second-order valence-electron chi connectivity index (χ2n) is 4.45. The Morgan fingerprint density at radius 3 is 2.44 bits per heavy atom. The predicted octanol–water partition coefficient (Wildman–Crippen LogP) is -1.73. The second-order valence-corrected chi connectivity index (χ2v) is 4.45. The number of hydrogen-bond donors (Lipinski definition) is 3. The third kappa shape index (κ3) is 3.18. The van der Waals surface area contributed by atoms with Crippen molar-refractivity contribution in [2.75, 3.05) is 32.7 Å². The molecule has 0 aromatic rings. The van der Waals surface area contributed by atoms with E-state index in [9.17, 15) is 9.59 Å². The Morgan fingerprint density at radius 1 is 1.38 bits per heavy atom. The fourth-order valence-corrected chi connectivity index (χ4v) is 1.75. The van der Waals surface area contributed by atoms with Gasteiger partial charge in [-0.2, -0.15) is 0 Å². The maximum atomic E-state index is 11.9. The van der Waals surface area contributed by atoms with Gasteiger partial charge in [-0.15, -0.1) is 0 Å². The number of nitrogens with two attached hydrogens (primary N) is 1. The molecule has 0 aromatic carbocycles. The smallest absolute Gasteiger partial charge is 0.240 e. The number of rotatable bonds is 4. The van der Waals surface area contributed by atoms with Crippen LogP contribution in [0.25, 0.3) is 0 Å². The van der Waals surface area contributed by atoms with Gasteiger partial charge in [-0.05, 0) is 13.8 Å². The molecule has 4 N–H and O–H groups in total. The first-order chi connectivity index (χ1) is 7.44. The molecule has 0 atom stereocenters. The van der Waals surface area contributed by atoms with Gasteiger partial charge in [-0.25, -0.2) is 0 Å². The van der Waals surface area contributed by atoms with Crippen LogP contribution in [0.2, 0.25) is 0 Å². The average Bonchev–Trinajstić information content (AvgIpc) is 2.27. The van der Waals surface area contributed by atoms with Crippen molar-refractivity contribution >= 4 is 11.8 Å². The second kappa shape index (κ2) is 5.27. The standard InChI is InChI=1S/C10H20N4O2/c1-10(2,9(16)13-7-8(11)15)14-5-3-12-4-6-14/h12H,3-7H2,1-2H3,(H2,11,15)(H,13,16). The summed E-state index contributed by atoms with van der Waals surface area (Å²) in [5.41, 5.74) is 4.39. The minimum atomic E-state index is -0.600. The lowest BCUT2D eigenvalue weighted by molar-refractivity contribution is -0.133. The molecule has 0 unspecified atom stereocenters. The molecule has 0 aliphatic carbocycles. The zero-order valence-electron chi connectivity index (χ0n) is 9.88. The zero-order chi connectivity index (χ0) is 12.2. The third-order valence-electron chi connectivity index (χ3n) is 2.89. The van der Waals surface area contributed by atoms with Crippen LogP contribution in [0.1, 0.15) is 13.8 Å². The largest absolute Gasteiger partial charge is 0.368 e. The number of carbonyl (C=O) groups is 2. The molecule has 0 saturated carbocycles. The molecular formula is C10H20N4O2. The van der Waals surface area contributed by atoms with Crippen molar-refractivity contribution in [2.24, 2.45) is 5.73 Å². The van der Waals surface area contributed by atoms with E-state index < -0.39 is 11.4 Å². The lowest BCUT2D eigenvalue weighted by Crippen LogP contribution is -2.60. The molecule has 6 heteroatoms. The van der Waals surface area contributed by atoms with E-state index in [-0.39, 0.29) is 12.5 Å². The molecule has 92 valence electrons. The summed E-state index contributed by atoms with van der Waals surface area (Å²) < 4.78 is 0. The summed E-state index contributed by atoms with van der Waals surface area (Å²) in [5.74, 6) is -0.683. The molecule has 1 aliphatic rings. The molecule has 6 nitrogen and oxygen atoms in total. The van der Waals surface area contributed by atoms with E-state index in [1.54, 1.807) is 0 Å². The van der Waals surface area contributed by atoms with Gasteiger partial charge in [-0.3, -0.25) is 14.5 Å². The summed E-state index contributed by atoms with van der Waals surface area (Å²) in [6.45, 7) is 7.03. The number of amides is 2. The third-order valence-corrected chi connectivity index (χ3v) is 2.89. The minimum Gasteiger partial charge on any atom is -0.368 e. The Morgan fingerprint density at radius 2 is 1.94 bits per heavy atom. The van der Waals surface area contributed by atoms with Gasteiger partial charge in [0.1, 0.15) is 0 Å². The summed E-state index contributed by atoms with van der Waals surface area (Å²) in [6.07, 6.45) is 0. The normalized spacial score (nSPS) is 18.1. The zero-order valence-corrected chi connectivity index (χ0v) is 9.88. The summed E-state index contributed by atoms with van der Waals surface area (Å²) >= 11 is 0. The van der Waals surface area contributed by atoms with Crippen LogP contribution >= 0.6 is 0 Å².